The standard InChI is InChI=1S/C26H22Cl2N4O2S/c1-17(33)29-14-13-25-30-31-26(32(25)21-11-12-22(27)23(28)15-21)35-16-24(34)20-9-7-19(8-10-20)18-5-3-2-4-6-18/h2-12,15H,13-14,16H2,1H3,(H,29,33). The first-order chi connectivity index (χ1) is 16.9. The number of rotatable bonds is 9. The Kier molecular flexibility index (Phi) is 8.23. The fourth-order valence-electron chi connectivity index (χ4n) is 3.48. The second-order valence-corrected chi connectivity index (χ2v) is 9.48. The minimum Gasteiger partial charge on any atom is -0.356 e. The number of carbonyl (C=O) groups excluding carboxylic acids is 2. The molecule has 0 saturated carbocycles. The SMILES string of the molecule is CC(=O)NCCc1nnc(SCC(=O)c2ccc(-c3ccccc3)cc2)n1-c1ccc(Cl)c(Cl)c1. The Morgan fingerprint density at radius 3 is 2.31 bits per heavy atom. The molecule has 1 N–H and O–H groups in total. The lowest BCUT2D eigenvalue weighted by molar-refractivity contribution is -0.118. The molecule has 178 valence electrons. The molecule has 0 aliphatic heterocycles. The summed E-state index contributed by atoms with van der Waals surface area (Å²) in [5.41, 5.74) is 3.51. The van der Waals surface area contributed by atoms with Crippen molar-refractivity contribution in [1.29, 1.82) is 0 Å². The van der Waals surface area contributed by atoms with E-state index in [1.165, 1.54) is 18.7 Å². The molecule has 0 aliphatic rings. The van der Waals surface area contributed by atoms with Crippen molar-refractivity contribution in [1.82, 2.24) is 20.1 Å². The number of aromatic nitrogens is 3. The van der Waals surface area contributed by atoms with Crippen LogP contribution in [-0.4, -0.2) is 38.8 Å². The predicted octanol–water partition coefficient (Wildman–Crippen LogP) is 5.89. The molecule has 6 nitrogen and oxygen atoms in total. The summed E-state index contributed by atoms with van der Waals surface area (Å²) in [6, 6.07) is 22.8. The van der Waals surface area contributed by atoms with Gasteiger partial charge in [-0.1, -0.05) is 89.6 Å². The molecule has 35 heavy (non-hydrogen) atoms. The first-order valence-corrected chi connectivity index (χ1v) is 12.6. The van der Waals surface area contributed by atoms with Crippen LogP contribution in [0.4, 0.5) is 0 Å². The number of thioether (sulfide) groups is 1. The lowest BCUT2D eigenvalue weighted by Crippen LogP contribution is -2.23. The monoisotopic (exact) mass is 524 g/mol. The molecule has 0 spiro atoms. The van der Waals surface area contributed by atoms with E-state index in [2.05, 4.69) is 15.5 Å². The van der Waals surface area contributed by atoms with Crippen molar-refractivity contribution in [2.24, 2.45) is 0 Å². The molecule has 1 amide bonds. The molecule has 1 heterocycles. The number of hydrogen-bond acceptors (Lipinski definition) is 5. The van der Waals surface area contributed by atoms with Crippen molar-refractivity contribution >= 4 is 46.7 Å². The van der Waals surface area contributed by atoms with E-state index < -0.39 is 0 Å². The summed E-state index contributed by atoms with van der Waals surface area (Å²) in [4.78, 5) is 24.2. The van der Waals surface area contributed by atoms with Gasteiger partial charge in [0, 0.05) is 25.5 Å². The van der Waals surface area contributed by atoms with Gasteiger partial charge in [-0.15, -0.1) is 10.2 Å². The van der Waals surface area contributed by atoms with Gasteiger partial charge in [-0.25, -0.2) is 0 Å². The Morgan fingerprint density at radius 2 is 1.63 bits per heavy atom. The zero-order valence-corrected chi connectivity index (χ0v) is 21.2. The predicted molar refractivity (Wildman–Crippen MR) is 141 cm³/mol. The van der Waals surface area contributed by atoms with E-state index in [0.29, 0.717) is 39.6 Å². The van der Waals surface area contributed by atoms with Gasteiger partial charge in [-0.3, -0.25) is 14.2 Å². The van der Waals surface area contributed by atoms with Gasteiger partial charge in [-0.05, 0) is 29.3 Å². The first kappa shape index (κ1) is 25.0. The van der Waals surface area contributed by atoms with Gasteiger partial charge in [-0.2, -0.15) is 0 Å². The van der Waals surface area contributed by atoms with Gasteiger partial charge in [0.2, 0.25) is 5.91 Å². The van der Waals surface area contributed by atoms with Crippen molar-refractivity contribution in [3.05, 3.63) is 94.2 Å². The molecule has 0 atom stereocenters. The number of nitrogens with zero attached hydrogens (tertiary/aromatic N) is 3. The van der Waals surface area contributed by atoms with E-state index in [1.54, 1.807) is 12.1 Å². The Hall–Kier alpha value is -3.13. The molecule has 9 heteroatoms. The van der Waals surface area contributed by atoms with Crippen LogP contribution in [-0.2, 0) is 11.2 Å². The van der Waals surface area contributed by atoms with E-state index in [4.69, 9.17) is 23.2 Å². The minimum absolute atomic E-state index is 0.0157. The fourth-order valence-corrected chi connectivity index (χ4v) is 4.64. The third-order valence-corrected chi connectivity index (χ3v) is 6.90. The highest BCUT2D eigenvalue weighted by Crippen LogP contribution is 2.29. The third kappa shape index (κ3) is 6.31. The number of benzene rings is 3. The molecule has 4 rings (SSSR count). The maximum absolute atomic E-state index is 12.9. The van der Waals surface area contributed by atoms with Crippen LogP contribution in [0.1, 0.15) is 23.1 Å². The van der Waals surface area contributed by atoms with Gasteiger partial charge < -0.3 is 5.32 Å². The highest BCUT2D eigenvalue weighted by Gasteiger charge is 2.17. The van der Waals surface area contributed by atoms with Crippen LogP contribution in [0.3, 0.4) is 0 Å². The van der Waals surface area contributed by atoms with Crippen LogP contribution < -0.4 is 5.32 Å². The van der Waals surface area contributed by atoms with Crippen LogP contribution >= 0.6 is 35.0 Å². The fraction of sp³-hybridized carbons (Fsp3) is 0.154. The Morgan fingerprint density at radius 1 is 0.914 bits per heavy atom. The van der Waals surface area contributed by atoms with Gasteiger partial charge >= 0.3 is 0 Å². The molecule has 3 aromatic carbocycles. The van der Waals surface area contributed by atoms with Crippen molar-refractivity contribution < 1.29 is 9.59 Å². The molecule has 0 bridgehead atoms. The van der Waals surface area contributed by atoms with Crippen LogP contribution in [0.15, 0.2) is 78.0 Å². The summed E-state index contributed by atoms with van der Waals surface area (Å²) >= 11 is 13.6. The molecular weight excluding hydrogens is 503 g/mol. The second kappa shape index (κ2) is 11.5. The minimum atomic E-state index is -0.121. The molecule has 0 fully saturated rings. The van der Waals surface area contributed by atoms with E-state index in [9.17, 15) is 9.59 Å². The van der Waals surface area contributed by atoms with Gasteiger partial charge in [0.15, 0.2) is 10.9 Å². The number of ketones is 1. The van der Waals surface area contributed by atoms with Crippen LogP contribution in [0.2, 0.25) is 10.0 Å². The lowest BCUT2D eigenvalue weighted by atomic mass is 10.0. The number of amides is 1. The summed E-state index contributed by atoms with van der Waals surface area (Å²) in [6.07, 6.45) is 0.461. The summed E-state index contributed by atoms with van der Waals surface area (Å²) in [6.45, 7) is 1.87. The maximum atomic E-state index is 12.9. The lowest BCUT2D eigenvalue weighted by Gasteiger charge is -2.11. The molecule has 0 aliphatic carbocycles. The van der Waals surface area contributed by atoms with E-state index in [1.807, 2.05) is 65.2 Å². The maximum Gasteiger partial charge on any atom is 0.216 e. The smallest absolute Gasteiger partial charge is 0.216 e. The number of nitrogens with one attached hydrogen (secondary N) is 1. The third-order valence-electron chi connectivity index (χ3n) is 5.23. The highest BCUT2D eigenvalue weighted by atomic mass is 35.5. The molecular formula is C26H22Cl2N4O2S. The first-order valence-electron chi connectivity index (χ1n) is 10.9. The summed E-state index contributed by atoms with van der Waals surface area (Å²) in [7, 11) is 0. The van der Waals surface area contributed by atoms with Gasteiger partial charge in [0.25, 0.3) is 0 Å². The van der Waals surface area contributed by atoms with E-state index >= 15 is 0 Å². The molecule has 0 saturated heterocycles. The molecule has 0 radical (unpaired) electrons. The Balaban J connectivity index is 1.52. The zero-order valence-electron chi connectivity index (χ0n) is 18.9. The van der Waals surface area contributed by atoms with E-state index in [0.717, 1.165) is 16.8 Å². The average molecular weight is 525 g/mol. The highest BCUT2D eigenvalue weighted by molar-refractivity contribution is 7.99. The number of carbonyl (C=O) groups is 2. The largest absolute Gasteiger partial charge is 0.356 e. The number of halogens is 2. The Bertz CT molecular complexity index is 1340. The van der Waals surface area contributed by atoms with Gasteiger partial charge in [0.1, 0.15) is 5.82 Å². The Labute approximate surface area is 217 Å². The number of Topliss-reactive ketones (excluding diaryl/α,β-unsaturated/α-hetero) is 1. The average Bonchev–Trinajstić information content (AvgIpc) is 3.27. The summed E-state index contributed by atoms with van der Waals surface area (Å²) in [5, 5.41) is 12.7. The van der Waals surface area contributed by atoms with Crippen molar-refractivity contribution in [2.75, 3.05) is 12.3 Å². The molecule has 4 aromatic rings. The quantitative estimate of drug-likeness (QED) is 0.218. The van der Waals surface area contributed by atoms with Crippen molar-refractivity contribution in [3.8, 4) is 16.8 Å². The number of hydrogen-bond donors (Lipinski definition) is 1. The topological polar surface area (TPSA) is 76.9 Å². The molecule has 1 aromatic heterocycles. The van der Waals surface area contributed by atoms with Crippen molar-refractivity contribution in [3.63, 3.8) is 0 Å². The van der Waals surface area contributed by atoms with Gasteiger partial charge in [0.05, 0.1) is 21.5 Å². The van der Waals surface area contributed by atoms with Crippen LogP contribution in [0, 0.1) is 0 Å². The molecule has 0 unspecified atom stereocenters. The van der Waals surface area contributed by atoms with Crippen LogP contribution in [0.25, 0.3) is 16.8 Å². The normalized spacial score (nSPS) is 10.8. The summed E-state index contributed by atoms with van der Waals surface area (Å²) in [5.74, 6) is 0.692. The summed E-state index contributed by atoms with van der Waals surface area (Å²) < 4.78 is 1.83. The van der Waals surface area contributed by atoms with E-state index in [-0.39, 0.29) is 17.4 Å². The van der Waals surface area contributed by atoms with Crippen molar-refractivity contribution in [2.45, 2.75) is 18.5 Å². The zero-order chi connectivity index (χ0) is 24.8. The van der Waals surface area contributed by atoms with Crippen LogP contribution in [0.5, 0.6) is 0 Å². The second-order valence-electron chi connectivity index (χ2n) is 7.72.